The molecular weight excluding hydrogens is 232 g/mol. The Morgan fingerprint density at radius 2 is 1.69 bits per heavy atom. The van der Waals surface area contributed by atoms with Crippen LogP contribution in [-0.2, 0) is 13.9 Å². The molecule has 0 atom stereocenters. The summed E-state index contributed by atoms with van der Waals surface area (Å²) in [7, 11) is 0. The first-order valence-corrected chi connectivity index (χ1v) is 4.72. The number of benzene rings is 1. The third kappa shape index (κ3) is 1.000. The number of carbonyl (C=O) groups excluding carboxylic acids is 2. The van der Waals surface area contributed by atoms with Crippen LogP contribution in [0.5, 0.6) is 0 Å². The molecule has 1 aliphatic carbocycles. The van der Waals surface area contributed by atoms with Gasteiger partial charge in [0, 0.05) is 0 Å². The monoisotopic (exact) mass is 238 g/mol. The third-order valence-electron chi connectivity index (χ3n) is 2.29. The van der Waals surface area contributed by atoms with Crippen LogP contribution in [-0.4, -0.2) is 11.6 Å². The van der Waals surface area contributed by atoms with E-state index in [2.05, 4.69) is 15.9 Å². The minimum absolute atomic E-state index is 0.346. The smallest absolute Gasteiger partial charge is 0.229 e. The lowest BCUT2D eigenvalue weighted by atomic mass is 10.0. The van der Waals surface area contributed by atoms with E-state index >= 15 is 0 Å². The largest absolute Gasteiger partial charge is 0.288 e. The van der Waals surface area contributed by atoms with Gasteiger partial charge < -0.3 is 0 Å². The van der Waals surface area contributed by atoms with Gasteiger partial charge in [0.05, 0.1) is 0 Å². The minimum Gasteiger partial charge on any atom is -0.288 e. The second-order valence-corrected chi connectivity index (χ2v) is 4.32. The van der Waals surface area contributed by atoms with Crippen LogP contribution in [0.25, 0.3) is 0 Å². The maximum absolute atomic E-state index is 11.1. The Hall–Kier alpha value is -0.960. The average molecular weight is 239 g/mol. The lowest BCUT2D eigenvalue weighted by Crippen LogP contribution is -2.03. The van der Waals surface area contributed by atoms with Gasteiger partial charge >= 0.3 is 0 Å². The van der Waals surface area contributed by atoms with Crippen molar-refractivity contribution >= 4 is 27.5 Å². The highest BCUT2D eigenvalue weighted by molar-refractivity contribution is 9.10. The number of halogens is 1. The minimum atomic E-state index is -1.02. The highest BCUT2D eigenvalue weighted by Gasteiger charge is 2.65. The molecule has 0 spiro atoms. The van der Waals surface area contributed by atoms with Crippen LogP contribution in [0.3, 0.4) is 0 Å². The summed E-state index contributed by atoms with van der Waals surface area (Å²) in [6.45, 7) is 1.89. The Balaban J connectivity index is 2.55. The summed E-state index contributed by atoms with van der Waals surface area (Å²) < 4.78 is -1.02. The molecule has 2 rings (SSSR count). The summed E-state index contributed by atoms with van der Waals surface area (Å²) in [6.07, 6.45) is 0. The number of hydrogen-bond acceptors (Lipinski definition) is 2. The fourth-order valence-electron chi connectivity index (χ4n) is 1.42. The Labute approximate surface area is 84.1 Å². The van der Waals surface area contributed by atoms with E-state index in [1.54, 1.807) is 6.07 Å². The van der Waals surface area contributed by atoms with Gasteiger partial charge in [-0.3, -0.25) is 9.59 Å². The normalized spacial score (nSPS) is 18.9. The van der Waals surface area contributed by atoms with Crippen LogP contribution in [0.4, 0.5) is 0 Å². The predicted molar refractivity (Wildman–Crippen MR) is 51.8 cm³/mol. The molecule has 13 heavy (non-hydrogen) atoms. The molecule has 0 heterocycles. The molecule has 2 nitrogen and oxygen atoms in total. The van der Waals surface area contributed by atoms with E-state index in [4.69, 9.17) is 0 Å². The SMILES string of the molecule is Cc1ccccc1C1(Br)C(=O)C1=O. The van der Waals surface area contributed by atoms with Gasteiger partial charge in [0.15, 0.2) is 4.32 Å². The molecule has 1 aromatic carbocycles. The molecule has 0 aliphatic heterocycles. The number of carbonyl (C=O) groups is 2. The predicted octanol–water partition coefficient (Wildman–Crippen LogP) is 1.74. The van der Waals surface area contributed by atoms with Crippen molar-refractivity contribution in [1.29, 1.82) is 0 Å². The van der Waals surface area contributed by atoms with E-state index in [0.29, 0.717) is 0 Å². The molecule has 0 saturated heterocycles. The fourth-order valence-corrected chi connectivity index (χ4v) is 2.13. The van der Waals surface area contributed by atoms with Crippen molar-refractivity contribution < 1.29 is 9.59 Å². The van der Waals surface area contributed by atoms with E-state index in [1.165, 1.54) is 0 Å². The van der Waals surface area contributed by atoms with Crippen LogP contribution >= 0.6 is 15.9 Å². The highest BCUT2D eigenvalue weighted by Crippen LogP contribution is 2.47. The number of Topliss-reactive ketones (excluding diaryl/α,β-unsaturated/α-hetero) is 2. The summed E-state index contributed by atoms with van der Waals surface area (Å²) >= 11 is 3.18. The van der Waals surface area contributed by atoms with Crippen LogP contribution in [0, 0.1) is 6.92 Å². The zero-order valence-corrected chi connectivity index (χ0v) is 8.59. The molecule has 0 N–H and O–H groups in total. The van der Waals surface area contributed by atoms with Crippen molar-refractivity contribution in [2.24, 2.45) is 0 Å². The zero-order chi connectivity index (χ0) is 9.64. The Morgan fingerprint density at radius 1 is 1.15 bits per heavy atom. The molecule has 0 bridgehead atoms. The maximum atomic E-state index is 11.1. The molecule has 1 saturated carbocycles. The van der Waals surface area contributed by atoms with E-state index in [0.717, 1.165) is 11.1 Å². The van der Waals surface area contributed by atoms with Crippen LogP contribution in [0.2, 0.25) is 0 Å². The number of alkyl halides is 1. The topological polar surface area (TPSA) is 34.1 Å². The molecule has 0 radical (unpaired) electrons. The van der Waals surface area contributed by atoms with E-state index < -0.39 is 4.32 Å². The number of ketones is 2. The summed E-state index contributed by atoms with van der Waals surface area (Å²) in [5.41, 5.74) is 1.73. The average Bonchev–Trinajstić information content (AvgIpc) is 2.59. The van der Waals surface area contributed by atoms with Gasteiger partial charge in [0.2, 0.25) is 11.6 Å². The second-order valence-electron chi connectivity index (χ2n) is 3.13. The van der Waals surface area contributed by atoms with Crippen molar-refractivity contribution in [3.8, 4) is 0 Å². The first kappa shape index (κ1) is 8.63. The van der Waals surface area contributed by atoms with Crippen LogP contribution in [0.1, 0.15) is 11.1 Å². The lowest BCUT2D eigenvalue weighted by molar-refractivity contribution is -0.122. The van der Waals surface area contributed by atoms with Crippen molar-refractivity contribution in [1.82, 2.24) is 0 Å². The van der Waals surface area contributed by atoms with Crippen molar-refractivity contribution in [2.75, 3.05) is 0 Å². The number of rotatable bonds is 1. The molecule has 1 fully saturated rings. The highest BCUT2D eigenvalue weighted by atomic mass is 79.9. The van der Waals surface area contributed by atoms with Gasteiger partial charge in [-0.05, 0) is 18.1 Å². The van der Waals surface area contributed by atoms with Gasteiger partial charge in [-0.25, -0.2) is 0 Å². The zero-order valence-electron chi connectivity index (χ0n) is 7.00. The third-order valence-corrected chi connectivity index (χ3v) is 3.43. The molecule has 66 valence electrons. The first-order valence-electron chi connectivity index (χ1n) is 3.92. The molecule has 1 aliphatic rings. The second kappa shape index (κ2) is 2.51. The van der Waals surface area contributed by atoms with Crippen molar-refractivity contribution in [2.45, 2.75) is 11.2 Å². The first-order chi connectivity index (χ1) is 6.08. The van der Waals surface area contributed by atoms with E-state index in [9.17, 15) is 9.59 Å². The van der Waals surface area contributed by atoms with E-state index in [1.807, 2.05) is 25.1 Å². The van der Waals surface area contributed by atoms with Gasteiger partial charge in [0.1, 0.15) is 0 Å². The molecular formula is C10H7BrO2. The van der Waals surface area contributed by atoms with Gasteiger partial charge in [-0.2, -0.15) is 0 Å². The fraction of sp³-hybridized carbons (Fsp3) is 0.200. The van der Waals surface area contributed by atoms with E-state index in [-0.39, 0.29) is 11.6 Å². The lowest BCUT2D eigenvalue weighted by Gasteiger charge is -2.05. The van der Waals surface area contributed by atoms with Crippen LogP contribution < -0.4 is 0 Å². The number of hydrogen-bond donors (Lipinski definition) is 0. The molecule has 1 aromatic rings. The van der Waals surface area contributed by atoms with Crippen molar-refractivity contribution in [3.63, 3.8) is 0 Å². The molecule has 0 amide bonds. The Kier molecular flexibility index (Phi) is 1.67. The summed E-state index contributed by atoms with van der Waals surface area (Å²) in [4.78, 5) is 22.2. The Morgan fingerprint density at radius 3 is 2.15 bits per heavy atom. The van der Waals surface area contributed by atoms with Gasteiger partial charge in [-0.15, -0.1) is 0 Å². The quantitative estimate of drug-likeness (QED) is 0.425. The van der Waals surface area contributed by atoms with Crippen LogP contribution in [0.15, 0.2) is 24.3 Å². The summed E-state index contributed by atoms with van der Waals surface area (Å²) in [6, 6.07) is 7.39. The van der Waals surface area contributed by atoms with Crippen molar-refractivity contribution in [3.05, 3.63) is 35.4 Å². The van der Waals surface area contributed by atoms with Gasteiger partial charge in [-0.1, -0.05) is 40.2 Å². The van der Waals surface area contributed by atoms with Gasteiger partial charge in [0.25, 0.3) is 0 Å². The molecule has 0 unspecified atom stereocenters. The summed E-state index contributed by atoms with van der Waals surface area (Å²) in [5, 5.41) is 0. The summed E-state index contributed by atoms with van der Waals surface area (Å²) in [5.74, 6) is -0.691. The Bertz CT molecular complexity index is 395. The molecule has 3 heteroatoms. The maximum Gasteiger partial charge on any atom is 0.229 e. The molecule has 0 aromatic heterocycles. The standard InChI is InChI=1S/C10H7BrO2/c1-6-4-2-3-5-7(6)10(11)8(12)9(10)13/h2-5H,1H3. The number of aryl methyl sites for hydroxylation is 1.